The van der Waals surface area contributed by atoms with Crippen LogP contribution in [0.4, 0.5) is 5.69 Å². The van der Waals surface area contributed by atoms with Crippen molar-refractivity contribution in [1.29, 1.82) is 0 Å². The summed E-state index contributed by atoms with van der Waals surface area (Å²) in [6.07, 6.45) is 0. The Hall–Kier alpha value is -2.63. The van der Waals surface area contributed by atoms with Crippen LogP contribution in [-0.2, 0) is 11.8 Å². The molecule has 1 atom stereocenters. The van der Waals surface area contributed by atoms with Crippen molar-refractivity contribution in [3.63, 3.8) is 0 Å². The average molecular weight is 354 g/mol. The van der Waals surface area contributed by atoms with Gasteiger partial charge in [0.25, 0.3) is 5.91 Å². The van der Waals surface area contributed by atoms with Crippen molar-refractivity contribution < 1.29 is 9.59 Å². The third-order valence-corrected chi connectivity index (χ3v) is 4.96. The van der Waals surface area contributed by atoms with Crippen LogP contribution < -0.4 is 4.90 Å². The van der Waals surface area contributed by atoms with Gasteiger partial charge in [-0.3, -0.25) is 14.3 Å². The molecule has 1 fully saturated rings. The molecule has 2 amide bonds. The lowest BCUT2D eigenvalue weighted by atomic mass is 10.1. The molecule has 0 N–H and O–H groups in total. The van der Waals surface area contributed by atoms with E-state index in [0.717, 1.165) is 16.9 Å². The Morgan fingerprint density at radius 3 is 2.58 bits per heavy atom. The van der Waals surface area contributed by atoms with Gasteiger partial charge in [0, 0.05) is 25.3 Å². The Labute approximate surface area is 154 Å². The van der Waals surface area contributed by atoms with Crippen LogP contribution in [-0.4, -0.2) is 45.6 Å². The highest BCUT2D eigenvalue weighted by Crippen LogP contribution is 2.25. The summed E-state index contributed by atoms with van der Waals surface area (Å²) in [5, 5.41) is 4.42. The summed E-state index contributed by atoms with van der Waals surface area (Å²) >= 11 is 0. The van der Waals surface area contributed by atoms with Crippen molar-refractivity contribution in [3.8, 4) is 0 Å². The Kier molecular flexibility index (Phi) is 4.85. The number of carbonyl (C=O) groups is 2. The zero-order valence-corrected chi connectivity index (χ0v) is 16.1. The number of benzene rings is 1. The average Bonchev–Trinajstić information content (AvgIpc) is 2.99. The molecule has 6 heteroatoms. The van der Waals surface area contributed by atoms with Crippen LogP contribution in [0.25, 0.3) is 0 Å². The molecule has 1 saturated heterocycles. The minimum atomic E-state index is -0.141. The standard InChI is InChI=1S/C20H26N4O2/c1-13(2)16-10-18(22(5)21-16)20(26)23-12-19(25)24(11-15(23)4)17-9-7-6-8-14(17)3/h6-10,13,15H,11-12H2,1-5H3/t15-/m1/s1. The van der Waals surface area contributed by atoms with E-state index in [0.29, 0.717) is 12.2 Å². The first kappa shape index (κ1) is 18.2. The van der Waals surface area contributed by atoms with Crippen molar-refractivity contribution >= 4 is 17.5 Å². The second-order valence-corrected chi connectivity index (χ2v) is 7.31. The van der Waals surface area contributed by atoms with E-state index in [1.54, 1.807) is 21.5 Å². The van der Waals surface area contributed by atoms with E-state index in [9.17, 15) is 9.59 Å². The predicted octanol–water partition coefficient (Wildman–Crippen LogP) is 2.73. The normalized spacial score (nSPS) is 17.9. The molecule has 26 heavy (non-hydrogen) atoms. The lowest BCUT2D eigenvalue weighted by Gasteiger charge is -2.39. The van der Waals surface area contributed by atoms with Crippen LogP contribution in [0.1, 0.15) is 48.4 Å². The highest BCUT2D eigenvalue weighted by atomic mass is 16.2. The molecule has 0 bridgehead atoms. The van der Waals surface area contributed by atoms with Gasteiger partial charge in [-0.25, -0.2) is 0 Å². The molecule has 6 nitrogen and oxygen atoms in total. The van der Waals surface area contributed by atoms with E-state index in [2.05, 4.69) is 5.10 Å². The zero-order chi connectivity index (χ0) is 19.0. The Morgan fingerprint density at radius 2 is 1.96 bits per heavy atom. The lowest BCUT2D eigenvalue weighted by Crippen LogP contribution is -2.57. The van der Waals surface area contributed by atoms with E-state index in [1.165, 1.54) is 0 Å². The highest BCUT2D eigenvalue weighted by molar-refractivity contribution is 6.01. The minimum absolute atomic E-state index is 0.0583. The number of anilines is 1. The quantitative estimate of drug-likeness (QED) is 0.851. The number of nitrogens with zero attached hydrogens (tertiary/aromatic N) is 4. The summed E-state index contributed by atoms with van der Waals surface area (Å²) in [5.74, 6) is 0.0499. The van der Waals surface area contributed by atoms with Crippen LogP contribution in [0.2, 0.25) is 0 Å². The number of rotatable bonds is 3. The summed E-state index contributed by atoms with van der Waals surface area (Å²) < 4.78 is 1.61. The molecular weight excluding hydrogens is 328 g/mol. The van der Waals surface area contributed by atoms with Crippen molar-refractivity contribution in [2.24, 2.45) is 7.05 Å². The molecule has 2 aromatic rings. The fourth-order valence-electron chi connectivity index (χ4n) is 3.34. The van der Waals surface area contributed by atoms with Crippen LogP contribution in [0.15, 0.2) is 30.3 Å². The minimum Gasteiger partial charge on any atom is -0.323 e. The van der Waals surface area contributed by atoms with Gasteiger partial charge < -0.3 is 9.80 Å². The number of piperazine rings is 1. The number of carbonyl (C=O) groups excluding carboxylic acids is 2. The van der Waals surface area contributed by atoms with Gasteiger partial charge in [0.15, 0.2) is 0 Å². The predicted molar refractivity (Wildman–Crippen MR) is 101 cm³/mol. The second kappa shape index (κ2) is 6.94. The van der Waals surface area contributed by atoms with Gasteiger partial charge in [-0.1, -0.05) is 32.0 Å². The molecule has 0 saturated carbocycles. The first-order valence-electron chi connectivity index (χ1n) is 9.00. The Morgan fingerprint density at radius 1 is 1.27 bits per heavy atom. The number of hydrogen-bond acceptors (Lipinski definition) is 3. The molecule has 2 heterocycles. The van der Waals surface area contributed by atoms with Crippen LogP contribution in [0, 0.1) is 6.92 Å². The van der Waals surface area contributed by atoms with Gasteiger partial charge in [-0.05, 0) is 37.5 Å². The fourth-order valence-corrected chi connectivity index (χ4v) is 3.34. The Bertz CT molecular complexity index is 840. The number of aryl methyl sites for hydroxylation is 2. The summed E-state index contributed by atoms with van der Waals surface area (Å²) in [6, 6.07) is 9.60. The maximum atomic E-state index is 13.0. The maximum absolute atomic E-state index is 13.0. The largest absolute Gasteiger partial charge is 0.323 e. The summed E-state index contributed by atoms with van der Waals surface area (Å²) in [4.78, 5) is 29.2. The van der Waals surface area contributed by atoms with Gasteiger partial charge in [-0.15, -0.1) is 0 Å². The van der Waals surface area contributed by atoms with E-state index in [4.69, 9.17) is 0 Å². The number of amides is 2. The molecule has 1 aromatic carbocycles. The molecule has 1 aliphatic heterocycles. The van der Waals surface area contributed by atoms with Crippen molar-refractivity contribution in [1.82, 2.24) is 14.7 Å². The van der Waals surface area contributed by atoms with Crippen molar-refractivity contribution in [2.75, 3.05) is 18.0 Å². The molecule has 0 aliphatic carbocycles. The van der Waals surface area contributed by atoms with E-state index in [-0.39, 0.29) is 30.3 Å². The Balaban J connectivity index is 1.83. The number of hydrogen-bond donors (Lipinski definition) is 0. The van der Waals surface area contributed by atoms with Gasteiger partial charge in [-0.2, -0.15) is 5.10 Å². The van der Waals surface area contributed by atoms with Crippen LogP contribution in [0.5, 0.6) is 0 Å². The first-order chi connectivity index (χ1) is 12.3. The second-order valence-electron chi connectivity index (χ2n) is 7.31. The third kappa shape index (κ3) is 3.23. The monoisotopic (exact) mass is 354 g/mol. The molecule has 138 valence electrons. The van der Waals surface area contributed by atoms with E-state index < -0.39 is 0 Å². The zero-order valence-electron chi connectivity index (χ0n) is 16.1. The van der Waals surface area contributed by atoms with Crippen LogP contribution >= 0.6 is 0 Å². The number of para-hydroxylation sites is 1. The molecule has 1 aromatic heterocycles. The molecular formula is C20H26N4O2. The molecule has 0 spiro atoms. The van der Waals surface area contributed by atoms with E-state index in [1.807, 2.05) is 58.0 Å². The van der Waals surface area contributed by atoms with Crippen LogP contribution in [0.3, 0.4) is 0 Å². The third-order valence-electron chi connectivity index (χ3n) is 4.96. The van der Waals surface area contributed by atoms with Crippen molar-refractivity contribution in [2.45, 2.75) is 39.7 Å². The first-order valence-corrected chi connectivity index (χ1v) is 9.00. The van der Waals surface area contributed by atoms with Crippen molar-refractivity contribution in [3.05, 3.63) is 47.3 Å². The molecule has 0 radical (unpaired) electrons. The van der Waals surface area contributed by atoms with Gasteiger partial charge >= 0.3 is 0 Å². The maximum Gasteiger partial charge on any atom is 0.272 e. The smallest absolute Gasteiger partial charge is 0.272 e. The summed E-state index contributed by atoms with van der Waals surface area (Å²) in [5.41, 5.74) is 3.38. The summed E-state index contributed by atoms with van der Waals surface area (Å²) in [6.45, 7) is 8.64. The number of aromatic nitrogens is 2. The SMILES string of the molecule is Cc1ccccc1N1C[C@@H](C)N(C(=O)c2cc(C(C)C)nn2C)CC1=O. The topological polar surface area (TPSA) is 58.4 Å². The summed E-state index contributed by atoms with van der Waals surface area (Å²) in [7, 11) is 1.77. The fraction of sp³-hybridized carbons (Fsp3) is 0.450. The van der Waals surface area contributed by atoms with Gasteiger partial charge in [0.05, 0.1) is 5.69 Å². The van der Waals surface area contributed by atoms with Gasteiger partial charge in [0.2, 0.25) is 5.91 Å². The van der Waals surface area contributed by atoms with E-state index >= 15 is 0 Å². The highest BCUT2D eigenvalue weighted by Gasteiger charge is 2.35. The lowest BCUT2D eigenvalue weighted by molar-refractivity contribution is -0.121. The molecule has 3 rings (SSSR count). The van der Waals surface area contributed by atoms with Gasteiger partial charge in [0.1, 0.15) is 12.2 Å². The molecule has 1 aliphatic rings. The molecule has 0 unspecified atom stereocenters.